The first-order valence-corrected chi connectivity index (χ1v) is 5.73. The molecule has 1 aromatic heterocycles. The van der Waals surface area contributed by atoms with Crippen LogP contribution in [0.25, 0.3) is 0 Å². The van der Waals surface area contributed by atoms with Gasteiger partial charge in [-0.15, -0.1) is 0 Å². The lowest BCUT2D eigenvalue weighted by Crippen LogP contribution is -2.14. The molecule has 0 bridgehead atoms. The Labute approximate surface area is 108 Å². The van der Waals surface area contributed by atoms with Gasteiger partial charge >= 0.3 is 0 Å². The molecule has 0 saturated heterocycles. The van der Waals surface area contributed by atoms with E-state index in [0.29, 0.717) is 23.4 Å². The molecule has 19 heavy (non-hydrogen) atoms. The number of benzene rings is 1. The third-order valence-electron chi connectivity index (χ3n) is 2.90. The topological polar surface area (TPSA) is 84.0 Å². The Bertz CT molecular complexity index is 655. The van der Waals surface area contributed by atoms with Gasteiger partial charge in [0.2, 0.25) is 0 Å². The molecule has 2 heterocycles. The van der Waals surface area contributed by atoms with Gasteiger partial charge in [-0.25, -0.2) is 0 Å². The van der Waals surface area contributed by atoms with E-state index in [1.54, 1.807) is 18.2 Å². The molecule has 6 nitrogen and oxygen atoms in total. The molecule has 0 fully saturated rings. The summed E-state index contributed by atoms with van der Waals surface area (Å²) in [4.78, 5) is 23.4. The summed E-state index contributed by atoms with van der Waals surface area (Å²) in [6.45, 7) is 0.538. The number of fused-ring (bicyclic) bond motifs is 1. The highest BCUT2D eigenvalue weighted by Gasteiger charge is 2.19. The molecule has 0 spiro atoms. The van der Waals surface area contributed by atoms with Gasteiger partial charge in [-0.2, -0.15) is 10.2 Å². The minimum atomic E-state index is -0.284. The maximum Gasteiger partial charge on any atom is 0.257 e. The van der Waals surface area contributed by atoms with E-state index in [1.165, 1.54) is 12.4 Å². The third kappa shape index (κ3) is 2.15. The zero-order valence-corrected chi connectivity index (χ0v) is 9.88. The Hall–Kier alpha value is -2.76. The lowest BCUT2D eigenvalue weighted by atomic mass is 10.1. The van der Waals surface area contributed by atoms with Gasteiger partial charge in [0, 0.05) is 17.8 Å². The molecule has 2 N–H and O–H groups in total. The number of amides is 2. The van der Waals surface area contributed by atoms with Gasteiger partial charge in [0.15, 0.2) is 0 Å². The van der Waals surface area contributed by atoms with Gasteiger partial charge in [0.25, 0.3) is 11.8 Å². The van der Waals surface area contributed by atoms with Crippen molar-refractivity contribution in [1.82, 2.24) is 15.5 Å². The van der Waals surface area contributed by atoms with Crippen LogP contribution in [0.5, 0.6) is 0 Å². The van der Waals surface area contributed by atoms with Gasteiger partial charge in [0.1, 0.15) is 0 Å². The van der Waals surface area contributed by atoms with E-state index in [9.17, 15) is 9.59 Å². The van der Waals surface area contributed by atoms with Gasteiger partial charge < -0.3 is 10.6 Å². The van der Waals surface area contributed by atoms with Crippen molar-refractivity contribution in [3.63, 3.8) is 0 Å². The van der Waals surface area contributed by atoms with Crippen LogP contribution in [0.2, 0.25) is 0 Å². The summed E-state index contributed by atoms with van der Waals surface area (Å²) in [5.74, 6) is -0.398. The first-order valence-electron chi connectivity index (χ1n) is 5.73. The lowest BCUT2D eigenvalue weighted by molar-refractivity contribution is 0.0964. The van der Waals surface area contributed by atoms with Crippen LogP contribution in [-0.4, -0.2) is 22.0 Å². The molecular weight excluding hydrogens is 244 g/mol. The van der Waals surface area contributed by atoms with E-state index in [0.717, 1.165) is 5.56 Å². The number of carbonyl (C=O) groups excluding carboxylic acids is 2. The predicted molar refractivity (Wildman–Crippen MR) is 67.6 cm³/mol. The van der Waals surface area contributed by atoms with Crippen LogP contribution < -0.4 is 10.6 Å². The normalized spacial score (nSPS) is 12.7. The van der Waals surface area contributed by atoms with Crippen molar-refractivity contribution in [2.24, 2.45) is 0 Å². The fourth-order valence-corrected chi connectivity index (χ4v) is 1.92. The highest BCUT2D eigenvalue weighted by atomic mass is 16.2. The van der Waals surface area contributed by atoms with Crippen molar-refractivity contribution >= 4 is 17.5 Å². The standard InChI is InChI=1S/C13H10N4O2/c18-12(9-3-4-15-16-7-9)17-10-2-1-8-6-14-13(19)11(8)5-10/h1-5,7H,6H2,(H,14,19)(H,17,18). The van der Waals surface area contributed by atoms with Gasteiger partial charge in [-0.1, -0.05) is 6.07 Å². The summed E-state index contributed by atoms with van der Waals surface area (Å²) >= 11 is 0. The zero-order valence-electron chi connectivity index (χ0n) is 9.88. The van der Waals surface area contributed by atoms with Crippen molar-refractivity contribution in [3.05, 3.63) is 53.3 Å². The molecule has 0 aliphatic carbocycles. The van der Waals surface area contributed by atoms with E-state index >= 15 is 0 Å². The van der Waals surface area contributed by atoms with E-state index in [2.05, 4.69) is 20.8 Å². The number of carbonyl (C=O) groups is 2. The van der Waals surface area contributed by atoms with Crippen LogP contribution in [0.15, 0.2) is 36.7 Å². The second kappa shape index (κ2) is 4.49. The Morgan fingerprint density at radius 2 is 2.16 bits per heavy atom. The Morgan fingerprint density at radius 3 is 2.95 bits per heavy atom. The second-order valence-electron chi connectivity index (χ2n) is 4.14. The Balaban J connectivity index is 1.83. The van der Waals surface area contributed by atoms with E-state index < -0.39 is 0 Å². The third-order valence-corrected chi connectivity index (χ3v) is 2.90. The molecule has 0 unspecified atom stereocenters. The number of hydrogen-bond acceptors (Lipinski definition) is 4. The minimum Gasteiger partial charge on any atom is -0.348 e. The lowest BCUT2D eigenvalue weighted by Gasteiger charge is -2.06. The summed E-state index contributed by atoms with van der Waals surface area (Å²) < 4.78 is 0. The Kier molecular flexibility index (Phi) is 2.68. The highest BCUT2D eigenvalue weighted by molar-refractivity contribution is 6.05. The molecule has 0 saturated carbocycles. The average molecular weight is 254 g/mol. The van der Waals surface area contributed by atoms with Gasteiger partial charge in [0.05, 0.1) is 18.0 Å². The molecule has 6 heteroatoms. The number of anilines is 1. The fourth-order valence-electron chi connectivity index (χ4n) is 1.92. The zero-order chi connectivity index (χ0) is 13.2. The quantitative estimate of drug-likeness (QED) is 0.836. The van der Waals surface area contributed by atoms with Crippen LogP contribution in [0.3, 0.4) is 0 Å². The molecule has 3 rings (SSSR count). The van der Waals surface area contributed by atoms with Crippen LogP contribution in [-0.2, 0) is 6.54 Å². The number of aromatic nitrogens is 2. The van der Waals surface area contributed by atoms with Crippen LogP contribution in [0.4, 0.5) is 5.69 Å². The first kappa shape index (κ1) is 11.3. The fraction of sp³-hybridized carbons (Fsp3) is 0.0769. The number of hydrogen-bond donors (Lipinski definition) is 2. The van der Waals surface area contributed by atoms with E-state index in [4.69, 9.17) is 0 Å². The van der Waals surface area contributed by atoms with Crippen molar-refractivity contribution in [2.45, 2.75) is 6.54 Å². The molecule has 94 valence electrons. The molecule has 1 aliphatic rings. The number of rotatable bonds is 2. The number of nitrogens with zero attached hydrogens (tertiary/aromatic N) is 2. The summed E-state index contributed by atoms with van der Waals surface area (Å²) in [5, 5.41) is 12.7. The predicted octanol–water partition coefficient (Wildman–Crippen LogP) is 0.972. The van der Waals surface area contributed by atoms with Crippen molar-refractivity contribution < 1.29 is 9.59 Å². The van der Waals surface area contributed by atoms with Crippen molar-refractivity contribution in [1.29, 1.82) is 0 Å². The monoisotopic (exact) mass is 254 g/mol. The van der Waals surface area contributed by atoms with Crippen LogP contribution >= 0.6 is 0 Å². The van der Waals surface area contributed by atoms with Gasteiger partial charge in [-0.3, -0.25) is 9.59 Å². The molecule has 1 aromatic carbocycles. The summed E-state index contributed by atoms with van der Waals surface area (Å²) in [6, 6.07) is 6.84. The van der Waals surface area contributed by atoms with Gasteiger partial charge in [-0.05, 0) is 23.8 Å². The minimum absolute atomic E-state index is 0.114. The van der Waals surface area contributed by atoms with Crippen molar-refractivity contribution in [2.75, 3.05) is 5.32 Å². The first-order chi connectivity index (χ1) is 9.24. The van der Waals surface area contributed by atoms with Crippen LogP contribution in [0.1, 0.15) is 26.3 Å². The summed E-state index contributed by atoms with van der Waals surface area (Å²) in [6.07, 6.45) is 2.83. The van der Waals surface area contributed by atoms with Crippen LogP contribution in [0, 0.1) is 0 Å². The van der Waals surface area contributed by atoms with E-state index in [1.807, 2.05) is 6.07 Å². The van der Waals surface area contributed by atoms with E-state index in [-0.39, 0.29) is 11.8 Å². The Morgan fingerprint density at radius 1 is 1.26 bits per heavy atom. The summed E-state index contributed by atoms with van der Waals surface area (Å²) in [7, 11) is 0. The highest BCUT2D eigenvalue weighted by Crippen LogP contribution is 2.20. The molecule has 1 aliphatic heterocycles. The average Bonchev–Trinajstić information content (AvgIpc) is 2.81. The summed E-state index contributed by atoms with van der Waals surface area (Å²) in [5.41, 5.74) is 2.54. The maximum absolute atomic E-state index is 11.9. The van der Waals surface area contributed by atoms with Crippen molar-refractivity contribution in [3.8, 4) is 0 Å². The molecule has 2 aromatic rings. The number of nitrogens with one attached hydrogen (secondary N) is 2. The maximum atomic E-state index is 11.9. The SMILES string of the molecule is O=C(Nc1ccc2c(c1)C(=O)NC2)c1ccnnc1. The second-order valence-corrected chi connectivity index (χ2v) is 4.14. The molecule has 0 radical (unpaired) electrons. The molecule has 0 atom stereocenters. The molecular formula is C13H10N4O2. The largest absolute Gasteiger partial charge is 0.348 e. The molecule has 2 amide bonds. The smallest absolute Gasteiger partial charge is 0.257 e.